The van der Waals surface area contributed by atoms with Crippen molar-refractivity contribution in [3.63, 3.8) is 0 Å². The molecule has 56 valence electrons. The van der Waals surface area contributed by atoms with Crippen LogP contribution in [0.4, 0.5) is 0 Å². The molecule has 0 amide bonds. The van der Waals surface area contributed by atoms with Crippen molar-refractivity contribution in [3.05, 3.63) is 14.9 Å². The van der Waals surface area contributed by atoms with Gasteiger partial charge in [-0.05, 0) is 41.6 Å². The van der Waals surface area contributed by atoms with Crippen molar-refractivity contribution in [1.29, 1.82) is 0 Å². The van der Waals surface area contributed by atoms with Crippen LogP contribution in [0.5, 0.6) is 0 Å². The first-order chi connectivity index (χ1) is 4.66. The predicted molar refractivity (Wildman–Crippen MR) is 53.3 cm³/mol. The molecule has 0 aliphatic carbocycles. The van der Waals surface area contributed by atoms with E-state index in [4.69, 9.17) is 0 Å². The Labute approximate surface area is 78.2 Å². The largest absolute Gasteiger partial charge is 0.133 e. The third kappa shape index (κ3) is 1.41. The first-order valence-corrected chi connectivity index (χ1v) is 5.79. The maximum atomic E-state index is 3.54. The van der Waals surface area contributed by atoms with E-state index in [1.54, 1.807) is 0 Å². The molecule has 0 atom stereocenters. The van der Waals surface area contributed by atoms with Gasteiger partial charge in [0.25, 0.3) is 0 Å². The maximum Gasteiger partial charge on any atom is 0.0639 e. The monoisotopic (exact) mass is 236 g/mol. The van der Waals surface area contributed by atoms with Crippen molar-refractivity contribution in [2.75, 3.05) is 6.26 Å². The van der Waals surface area contributed by atoms with E-state index in [1.807, 2.05) is 23.1 Å². The Morgan fingerprint density at radius 2 is 2.00 bits per heavy atom. The first-order valence-electron chi connectivity index (χ1n) is 2.96. The van der Waals surface area contributed by atoms with Crippen LogP contribution in [-0.2, 0) is 0 Å². The Balaban J connectivity index is 3.17. The topological polar surface area (TPSA) is 0 Å². The van der Waals surface area contributed by atoms with E-state index >= 15 is 0 Å². The summed E-state index contributed by atoms with van der Waals surface area (Å²) in [6.45, 7) is 4.29. The summed E-state index contributed by atoms with van der Waals surface area (Å²) in [6, 6.07) is 0. The van der Waals surface area contributed by atoms with Gasteiger partial charge in [-0.15, -0.1) is 23.1 Å². The zero-order valence-electron chi connectivity index (χ0n) is 6.19. The third-order valence-corrected chi connectivity index (χ3v) is 5.26. The molecule has 10 heavy (non-hydrogen) atoms. The highest BCUT2D eigenvalue weighted by atomic mass is 79.9. The standard InChI is InChI=1S/C7H9BrS2/c1-4-6(8)5(2)10-7(4)9-3/h1-3H3. The van der Waals surface area contributed by atoms with E-state index in [2.05, 4.69) is 36.0 Å². The molecule has 0 saturated carbocycles. The van der Waals surface area contributed by atoms with Crippen molar-refractivity contribution < 1.29 is 0 Å². The zero-order valence-corrected chi connectivity index (χ0v) is 9.41. The number of thiophene rings is 1. The van der Waals surface area contributed by atoms with Gasteiger partial charge in [-0.1, -0.05) is 0 Å². The number of thioether (sulfide) groups is 1. The molecule has 0 bridgehead atoms. The molecule has 0 N–H and O–H groups in total. The van der Waals surface area contributed by atoms with Crippen LogP contribution in [0.25, 0.3) is 0 Å². The molecule has 0 aliphatic rings. The molecule has 0 aromatic carbocycles. The molecule has 3 heteroatoms. The van der Waals surface area contributed by atoms with E-state index in [0.717, 1.165) is 0 Å². The summed E-state index contributed by atoms with van der Waals surface area (Å²) < 4.78 is 2.70. The van der Waals surface area contributed by atoms with Gasteiger partial charge in [-0.2, -0.15) is 0 Å². The molecule has 1 heterocycles. The Morgan fingerprint density at radius 3 is 2.20 bits per heavy atom. The second-order valence-corrected chi connectivity index (χ2v) is 5.18. The molecule has 1 aromatic heterocycles. The van der Waals surface area contributed by atoms with Crippen molar-refractivity contribution >= 4 is 39.0 Å². The molecule has 0 spiro atoms. The minimum atomic E-state index is 1.28. The van der Waals surface area contributed by atoms with Crippen molar-refractivity contribution in [2.24, 2.45) is 0 Å². The predicted octanol–water partition coefficient (Wildman–Crippen LogP) is 3.85. The van der Waals surface area contributed by atoms with Crippen LogP contribution in [0.15, 0.2) is 8.68 Å². The fourth-order valence-electron chi connectivity index (χ4n) is 0.809. The number of aryl methyl sites for hydroxylation is 1. The molecular weight excluding hydrogens is 228 g/mol. The van der Waals surface area contributed by atoms with Crippen LogP contribution in [-0.4, -0.2) is 6.26 Å². The highest BCUT2D eigenvalue weighted by Gasteiger charge is 2.07. The molecule has 0 nitrogen and oxygen atoms in total. The van der Waals surface area contributed by atoms with E-state index in [1.165, 1.54) is 19.1 Å². The molecule has 0 fully saturated rings. The lowest BCUT2D eigenvalue weighted by atomic mass is 10.3. The highest BCUT2D eigenvalue weighted by Crippen LogP contribution is 2.36. The highest BCUT2D eigenvalue weighted by molar-refractivity contribution is 9.10. The Kier molecular flexibility index (Phi) is 2.83. The Bertz CT molecular complexity index is 240. The van der Waals surface area contributed by atoms with Crippen LogP contribution in [0.3, 0.4) is 0 Å². The van der Waals surface area contributed by atoms with Gasteiger partial charge in [0, 0.05) is 9.35 Å². The van der Waals surface area contributed by atoms with Gasteiger partial charge in [0.1, 0.15) is 0 Å². The van der Waals surface area contributed by atoms with E-state index in [0.29, 0.717) is 0 Å². The smallest absolute Gasteiger partial charge is 0.0639 e. The van der Waals surface area contributed by atoms with Crippen LogP contribution in [0.1, 0.15) is 10.4 Å². The average molecular weight is 237 g/mol. The lowest BCUT2D eigenvalue weighted by molar-refractivity contribution is 1.38. The number of hydrogen-bond donors (Lipinski definition) is 0. The lowest BCUT2D eigenvalue weighted by Crippen LogP contribution is -1.67. The Hall–Kier alpha value is 0.530. The molecule has 0 unspecified atom stereocenters. The molecule has 0 aliphatic heterocycles. The van der Waals surface area contributed by atoms with Gasteiger partial charge in [0.05, 0.1) is 4.21 Å². The summed E-state index contributed by atoms with van der Waals surface area (Å²) >= 11 is 7.21. The van der Waals surface area contributed by atoms with Gasteiger partial charge in [-0.25, -0.2) is 0 Å². The fourth-order valence-corrected chi connectivity index (χ4v) is 3.40. The van der Waals surface area contributed by atoms with Gasteiger partial charge in [-0.3, -0.25) is 0 Å². The second-order valence-electron chi connectivity index (χ2n) is 2.09. The van der Waals surface area contributed by atoms with Crippen LogP contribution >= 0.6 is 39.0 Å². The summed E-state index contributed by atoms with van der Waals surface area (Å²) in [5.74, 6) is 0. The van der Waals surface area contributed by atoms with Gasteiger partial charge in [0.2, 0.25) is 0 Å². The Morgan fingerprint density at radius 1 is 1.40 bits per heavy atom. The summed E-state index contributed by atoms with van der Waals surface area (Å²) in [5, 5.41) is 0. The summed E-state index contributed by atoms with van der Waals surface area (Å²) in [7, 11) is 0. The molecular formula is C7H9BrS2. The average Bonchev–Trinajstić information content (AvgIpc) is 2.17. The minimum Gasteiger partial charge on any atom is -0.133 e. The van der Waals surface area contributed by atoms with Crippen molar-refractivity contribution in [3.8, 4) is 0 Å². The SMILES string of the molecule is CSc1sc(C)c(Br)c1C. The quantitative estimate of drug-likeness (QED) is 0.668. The van der Waals surface area contributed by atoms with E-state index in [9.17, 15) is 0 Å². The molecule has 1 rings (SSSR count). The summed E-state index contributed by atoms with van der Waals surface area (Å²) in [4.78, 5) is 1.38. The van der Waals surface area contributed by atoms with Crippen LogP contribution in [0, 0.1) is 13.8 Å². The van der Waals surface area contributed by atoms with Crippen LogP contribution < -0.4 is 0 Å². The second kappa shape index (κ2) is 3.28. The maximum absolute atomic E-state index is 3.54. The fraction of sp³-hybridized carbons (Fsp3) is 0.429. The lowest BCUT2D eigenvalue weighted by Gasteiger charge is -1.90. The number of halogens is 1. The number of hydrogen-bond acceptors (Lipinski definition) is 2. The zero-order chi connectivity index (χ0) is 7.72. The van der Waals surface area contributed by atoms with Gasteiger partial charge in [0.15, 0.2) is 0 Å². The van der Waals surface area contributed by atoms with E-state index < -0.39 is 0 Å². The van der Waals surface area contributed by atoms with Crippen LogP contribution in [0.2, 0.25) is 0 Å². The van der Waals surface area contributed by atoms with E-state index in [-0.39, 0.29) is 0 Å². The van der Waals surface area contributed by atoms with Crippen molar-refractivity contribution in [1.82, 2.24) is 0 Å². The summed E-state index contributed by atoms with van der Waals surface area (Å²) in [5.41, 5.74) is 1.38. The first kappa shape index (κ1) is 8.62. The molecule has 1 aromatic rings. The van der Waals surface area contributed by atoms with Gasteiger partial charge >= 0.3 is 0 Å². The van der Waals surface area contributed by atoms with Gasteiger partial charge < -0.3 is 0 Å². The number of rotatable bonds is 1. The molecule has 0 saturated heterocycles. The minimum absolute atomic E-state index is 1.28. The third-order valence-electron chi connectivity index (χ3n) is 1.38. The van der Waals surface area contributed by atoms with Crippen molar-refractivity contribution in [2.45, 2.75) is 18.1 Å². The normalized spacial score (nSPS) is 10.4. The summed E-state index contributed by atoms with van der Waals surface area (Å²) in [6.07, 6.45) is 2.12. The molecule has 0 radical (unpaired) electrons.